The van der Waals surface area contributed by atoms with E-state index in [4.69, 9.17) is 4.74 Å². The molecule has 0 atom stereocenters. The zero-order chi connectivity index (χ0) is 12.3. The van der Waals surface area contributed by atoms with Crippen LogP contribution in [0.3, 0.4) is 0 Å². The van der Waals surface area contributed by atoms with Gasteiger partial charge in [0.1, 0.15) is 11.4 Å². The summed E-state index contributed by atoms with van der Waals surface area (Å²) in [5, 5.41) is 0. The molecule has 2 rings (SSSR count). The fraction of sp³-hybridized carbons (Fsp3) is 0.143. The average molecular weight is 227 g/mol. The van der Waals surface area contributed by atoms with Gasteiger partial charge in [0.2, 0.25) is 0 Å². The zero-order valence-electron chi connectivity index (χ0n) is 9.81. The summed E-state index contributed by atoms with van der Waals surface area (Å²) in [6, 6.07) is 11.3. The van der Waals surface area contributed by atoms with Gasteiger partial charge in [-0.15, -0.1) is 0 Å². The fourth-order valence-corrected chi connectivity index (χ4v) is 1.69. The van der Waals surface area contributed by atoms with E-state index >= 15 is 0 Å². The predicted molar refractivity (Wildman–Crippen MR) is 66.2 cm³/mol. The molecule has 0 N–H and O–H groups in total. The molecular formula is C14H13NO2. The molecule has 1 aromatic heterocycles. The number of ketones is 1. The van der Waals surface area contributed by atoms with Crippen molar-refractivity contribution >= 4 is 5.78 Å². The Bertz CT molecular complexity index is 532. The van der Waals surface area contributed by atoms with Crippen LogP contribution in [0.2, 0.25) is 0 Å². The van der Waals surface area contributed by atoms with Crippen molar-refractivity contribution in [1.82, 2.24) is 4.98 Å². The number of pyridine rings is 1. The first kappa shape index (κ1) is 11.3. The average Bonchev–Trinajstić information content (AvgIpc) is 2.39. The highest BCUT2D eigenvalue weighted by Crippen LogP contribution is 2.24. The van der Waals surface area contributed by atoms with Crippen LogP contribution in [0.25, 0.3) is 11.1 Å². The van der Waals surface area contributed by atoms with Gasteiger partial charge in [0, 0.05) is 18.7 Å². The predicted octanol–water partition coefficient (Wildman–Crippen LogP) is 2.96. The highest BCUT2D eigenvalue weighted by molar-refractivity contribution is 5.98. The summed E-state index contributed by atoms with van der Waals surface area (Å²) in [5.41, 5.74) is 2.31. The lowest BCUT2D eigenvalue weighted by Gasteiger charge is -2.06. The van der Waals surface area contributed by atoms with Gasteiger partial charge in [0.05, 0.1) is 7.11 Å². The van der Waals surface area contributed by atoms with Crippen LogP contribution in [0.5, 0.6) is 5.75 Å². The summed E-state index contributed by atoms with van der Waals surface area (Å²) in [4.78, 5) is 15.6. The van der Waals surface area contributed by atoms with Gasteiger partial charge in [-0.25, -0.2) is 0 Å². The maximum absolute atomic E-state index is 11.5. The number of hydrogen-bond acceptors (Lipinski definition) is 3. The number of carbonyl (C=O) groups excluding carboxylic acids is 1. The number of aromatic nitrogens is 1. The third kappa shape index (κ3) is 2.33. The van der Waals surface area contributed by atoms with Gasteiger partial charge in [0.25, 0.3) is 0 Å². The van der Waals surface area contributed by atoms with Gasteiger partial charge >= 0.3 is 0 Å². The number of ether oxygens (including phenoxy) is 1. The second-order valence-corrected chi connectivity index (χ2v) is 3.68. The van der Waals surface area contributed by atoms with Crippen molar-refractivity contribution in [2.75, 3.05) is 7.11 Å². The van der Waals surface area contributed by atoms with Crippen molar-refractivity contribution in [2.24, 2.45) is 0 Å². The van der Waals surface area contributed by atoms with E-state index in [2.05, 4.69) is 4.98 Å². The van der Waals surface area contributed by atoms with Crippen LogP contribution in [-0.4, -0.2) is 17.9 Å². The van der Waals surface area contributed by atoms with Crippen molar-refractivity contribution in [2.45, 2.75) is 6.92 Å². The standard InChI is InChI=1S/C14H13NO2/c1-10(16)14-13(4-3-9-15-14)11-5-7-12(17-2)8-6-11/h3-9H,1-2H3. The Morgan fingerprint density at radius 3 is 2.47 bits per heavy atom. The molecule has 0 amide bonds. The van der Waals surface area contributed by atoms with E-state index in [1.807, 2.05) is 36.4 Å². The van der Waals surface area contributed by atoms with Crippen LogP contribution < -0.4 is 4.74 Å². The molecule has 0 saturated carbocycles. The Balaban J connectivity index is 2.48. The molecule has 0 fully saturated rings. The summed E-state index contributed by atoms with van der Waals surface area (Å²) in [6.45, 7) is 1.52. The summed E-state index contributed by atoms with van der Waals surface area (Å²) in [5.74, 6) is 0.762. The lowest BCUT2D eigenvalue weighted by Crippen LogP contribution is -1.99. The van der Waals surface area contributed by atoms with Gasteiger partial charge in [0.15, 0.2) is 5.78 Å². The van der Waals surface area contributed by atoms with Crippen LogP contribution >= 0.6 is 0 Å². The third-order valence-electron chi connectivity index (χ3n) is 2.54. The smallest absolute Gasteiger partial charge is 0.178 e. The minimum absolute atomic E-state index is 0.0311. The molecule has 17 heavy (non-hydrogen) atoms. The van der Waals surface area contributed by atoms with Crippen molar-refractivity contribution in [3.8, 4) is 16.9 Å². The van der Waals surface area contributed by atoms with Gasteiger partial charge in [-0.1, -0.05) is 18.2 Å². The first-order chi connectivity index (χ1) is 8.22. The maximum atomic E-state index is 11.5. The van der Waals surface area contributed by atoms with Gasteiger partial charge in [-0.3, -0.25) is 9.78 Å². The number of Topliss-reactive ketones (excluding diaryl/α,β-unsaturated/α-hetero) is 1. The van der Waals surface area contributed by atoms with E-state index in [0.29, 0.717) is 5.69 Å². The Hall–Kier alpha value is -2.16. The normalized spacial score (nSPS) is 10.0. The van der Waals surface area contributed by atoms with E-state index in [1.54, 1.807) is 13.3 Å². The lowest BCUT2D eigenvalue weighted by atomic mass is 10.0. The molecule has 0 aliphatic heterocycles. The molecule has 0 bridgehead atoms. The third-order valence-corrected chi connectivity index (χ3v) is 2.54. The minimum atomic E-state index is -0.0311. The number of hydrogen-bond donors (Lipinski definition) is 0. The van der Waals surface area contributed by atoms with Gasteiger partial charge < -0.3 is 4.74 Å². The monoisotopic (exact) mass is 227 g/mol. The molecule has 86 valence electrons. The summed E-state index contributed by atoms with van der Waals surface area (Å²) >= 11 is 0. The van der Waals surface area contributed by atoms with E-state index in [1.165, 1.54) is 6.92 Å². The fourth-order valence-electron chi connectivity index (χ4n) is 1.69. The first-order valence-corrected chi connectivity index (χ1v) is 5.33. The van der Waals surface area contributed by atoms with Crippen molar-refractivity contribution in [3.63, 3.8) is 0 Å². The SMILES string of the molecule is COc1ccc(-c2cccnc2C(C)=O)cc1. The van der Waals surface area contributed by atoms with Gasteiger partial charge in [-0.2, -0.15) is 0 Å². The molecule has 0 unspecified atom stereocenters. The molecule has 0 aliphatic carbocycles. The number of carbonyl (C=O) groups is 1. The molecule has 1 aromatic carbocycles. The van der Waals surface area contributed by atoms with Crippen LogP contribution in [0.4, 0.5) is 0 Å². The molecule has 3 heteroatoms. The molecular weight excluding hydrogens is 214 g/mol. The highest BCUT2D eigenvalue weighted by Gasteiger charge is 2.09. The molecule has 1 heterocycles. The number of benzene rings is 1. The maximum Gasteiger partial charge on any atom is 0.178 e. The van der Waals surface area contributed by atoms with Gasteiger partial charge in [-0.05, 0) is 23.8 Å². The topological polar surface area (TPSA) is 39.2 Å². The summed E-state index contributed by atoms with van der Waals surface area (Å²) < 4.78 is 5.10. The first-order valence-electron chi connectivity index (χ1n) is 5.33. The van der Waals surface area contributed by atoms with Crippen LogP contribution in [-0.2, 0) is 0 Å². The van der Waals surface area contributed by atoms with E-state index in [0.717, 1.165) is 16.9 Å². The van der Waals surface area contributed by atoms with E-state index < -0.39 is 0 Å². The molecule has 0 saturated heterocycles. The van der Waals surface area contributed by atoms with Crippen LogP contribution in [0, 0.1) is 0 Å². The zero-order valence-corrected chi connectivity index (χ0v) is 9.81. The number of rotatable bonds is 3. The van der Waals surface area contributed by atoms with Crippen molar-refractivity contribution in [1.29, 1.82) is 0 Å². The largest absolute Gasteiger partial charge is 0.497 e. The lowest BCUT2D eigenvalue weighted by molar-refractivity contribution is 0.101. The molecule has 2 aromatic rings. The van der Waals surface area contributed by atoms with E-state index in [9.17, 15) is 4.79 Å². The number of nitrogens with zero attached hydrogens (tertiary/aromatic N) is 1. The molecule has 0 aliphatic rings. The molecule has 0 spiro atoms. The highest BCUT2D eigenvalue weighted by atomic mass is 16.5. The molecule has 0 radical (unpaired) electrons. The Morgan fingerprint density at radius 2 is 1.88 bits per heavy atom. The van der Waals surface area contributed by atoms with Crippen molar-refractivity contribution < 1.29 is 9.53 Å². The van der Waals surface area contributed by atoms with Crippen LogP contribution in [0.1, 0.15) is 17.4 Å². The second-order valence-electron chi connectivity index (χ2n) is 3.68. The molecule has 3 nitrogen and oxygen atoms in total. The quantitative estimate of drug-likeness (QED) is 0.757. The van der Waals surface area contributed by atoms with Crippen molar-refractivity contribution in [3.05, 3.63) is 48.3 Å². The Labute approximate surface area is 100 Å². The Kier molecular flexibility index (Phi) is 3.19. The second kappa shape index (κ2) is 4.78. The van der Waals surface area contributed by atoms with Crippen LogP contribution in [0.15, 0.2) is 42.6 Å². The van der Waals surface area contributed by atoms with E-state index in [-0.39, 0.29) is 5.78 Å². The summed E-state index contributed by atoms with van der Waals surface area (Å²) in [7, 11) is 1.63. The minimum Gasteiger partial charge on any atom is -0.497 e. The Morgan fingerprint density at radius 1 is 1.18 bits per heavy atom. The summed E-state index contributed by atoms with van der Waals surface area (Å²) in [6.07, 6.45) is 1.63. The number of methoxy groups -OCH3 is 1.